The lowest BCUT2D eigenvalue weighted by Gasteiger charge is -2.14. The minimum absolute atomic E-state index is 0.844. The van der Waals surface area contributed by atoms with Crippen molar-refractivity contribution in [2.45, 2.75) is 19.4 Å². The predicted molar refractivity (Wildman–Crippen MR) is 63.8 cm³/mol. The average molecular weight is 273 g/mol. The van der Waals surface area contributed by atoms with Crippen molar-refractivity contribution in [2.75, 3.05) is 26.2 Å². The van der Waals surface area contributed by atoms with Crippen LogP contribution in [0.25, 0.3) is 0 Å². The Labute approximate surface area is 99.0 Å². The van der Waals surface area contributed by atoms with Gasteiger partial charge < -0.3 is 14.6 Å². The summed E-state index contributed by atoms with van der Waals surface area (Å²) in [7, 11) is 0. The first-order valence-electron chi connectivity index (χ1n) is 5.51. The van der Waals surface area contributed by atoms with Gasteiger partial charge in [0.15, 0.2) is 4.67 Å². The summed E-state index contributed by atoms with van der Waals surface area (Å²) in [5.41, 5.74) is 1.19. The summed E-state index contributed by atoms with van der Waals surface area (Å²) in [6.45, 7) is 5.65. The third-order valence-corrected chi connectivity index (χ3v) is 3.51. The van der Waals surface area contributed by atoms with Gasteiger partial charge in [0.25, 0.3) is 0 Å². The molecule has 2 heterocycles. The largest absolute Gasteiger partial charge is 0.457 e. The number of hydrogen-bond donors (Lipinski definition) is 1. The van der Waals surface area contributed by atoms with Gasteiger partial charge in [-0.15, -0.1) is 0 Å². The molecule has 1 aromatic heterocycles. The molecule has 2 rings (SSSR count). The molecule has 1 saturated heterocycles. The van der Waals surface area contributed by atoms with Crippen molar-refractivity contribution in [2.24, 2.45) is 0 Å². The summed E-state index contributed by atoms with van der Waals surface area (Å²) in [5.74, 6) is 0. The van der Waals surface area contributed by atoms with Crippen molar-refractivity contribution in [3.8, 4) is 0 Å². The minimum atomic E-state index is 0.844. The van der Waals surface area contributed by atoms with Crippen LogP contribution in [-0.2, 0) is 6.54 Å². The second-order valence-electron chi connectivity index (χ2n) is 3.95. The first-order valence-corrected chi connectivity index (χ1v) is 6.30. The number of rotatable bonds is 5. The van der Waals surface area contributed by atoms with Crippen molar-refractivity contribution in [3.63, 3.8) is 0 Å². The standard InChI is InChI=1S/C11H17BrN2O/c12-11-10(3-8-15-11)9-13-4-7-14-5-1-2-6-14/h3,8,13H,1-2,4-7,9H2. The number of likely N-dealkylation sites (tertiary alicyclic amines) is 1. The van der Waals surface area contributed by atoms with Gasteiger partial charge in [-0.25, -0.2) is 0 Å². The minimum Gasteiger partial charge on any atom is -0.457 e. The molecule has 0 radical (unpaired) electrons. The molecule has 0 spiro atoms. The number of halogens is 1. The summed E-state index contributed by atoms with van der Waals surface area (Å²) >= 11 is 3.37. The average Bonchev–Trinajstić information content (AvgIpc) is 2.85. The SMILES string of the molecule is Brc1occc1CNCCN1CCCC1. The van der Waals surface area contributed by atoms with Crippen LogP contribution in [0.5, 0.6) is 0 Å². The number of hydrogen-bond acceptors (Lipinski definition) is 3. The first-order chi connectivity index (χ1) is 7.36. The van der Waals surface area contributed by atoms with Crippen LogP contribution in [0.1, 0.15) is 18.4 Å². The Morgan fingerprint density at radius 3 is 2.87 bits per heavy atom. The van der Waals surface area contributed by atoms with E-state index >= 15 is 0 Å². The van der Waals surface area contributed by atoms with E-state index in [1.807, 2.05) is 6.07 Å². The van der Waals surface area contributed by atoms with Gasteiger partial charge in [0.1, 0.15) is 0 Å². The maximum Gasteiger partial charge on any atom is 0.173 e. The summed E-state index contributed by atoms with van der Waals surface area (Å²) in [4.78, 5) is 2.51. The molecule has 0 unspecified atom stereocenters. The molecule has 1 N–H and O–H groups in total. The fourth-order valence-electron chi connectivity index (χ4n) is 1.91. The van der Waals surface area contributed by atoms with E-state index in [-0.39, 0.29) is 0 Å². The van der Waals surface area contributed by atoms with E-state index in [0.717, 1.165) is 24.3 Å². The van der Waals surface area contributed by atoms with E-state index in [1.165, 1.54) is 31.5 Å². The van der Waals surface area contributed by atoms with Crippen molar-refractivity contribution in [1.29, 1.82) is 0 Å². The summed E-state index contributed by atoms with van der Waals surface area (Å²) < 4.78 is 6.00. The van der Waals surface area contributed by atoms with Crippen LogP contribution >= 0.6 is 15.9 Å². The van der Waals surface area contributed by atoms with Crippen molar-refractivity contribution < 1.29 is 4.42 Å². The lowest BCUT2D eigenvalue weighted by Crippen LogP contribution is -2.29. The fourth-order valence-corrected chi connectivity index (χ4v) is 2.29. The van der Waals surface area contributed by atoms with Crippen LogP contribution in [0.2, 0.25) is 0 Å². The maximum absolute atomic E-state index is 5.16. The third-order valence-electron chi connectivity index (χ3n) is 2.81. The van der Waals surface area contributed by atoms with Gasteiger partial charge >= 0.3 is 0 Å². The predicted octanol–water partition coefficient (Wildman–Crippen LogP) is 2.23. The Balaban J connectivity index is 1.60. The molecule has 84 valence electrons. The Kier molecular flexibility index (Phi) is 4.23. The van der Waals surface area contributed by atoms with Crippen LogP contribution in [0, 0.1) is 0 Å². The summed E-state index contributed by atoms with van der Waals surface area (Å²) in [6.07, 6.45) is 4.45. The highest BCUT2D eigenvalue weighted by atomic mass is 79.9. The monoisotopic (exact) mass is 272 g/mol. The second-order valence-corrected chi connectivity index (χ2v) is 4.67. The summed E-state index contributed by atoms with van der Waals surface area (Å²) in [5, 5.41) is 3.42. The molecule has 15 heavy (non-hydrogen) atoms. The van der Waals surface area contributed by atoms with Gasteiger partial charge in [-0.2, -0.15) is 0 Å². The first kappa shape index (κ1) is 11.2. The van der Waals surface area contributed by atoms with E-state index in [0.29, 0.717) is 0 Å². The van der Waals surface area contributed by atoms with Gasteiger partial charge in [-0.3, -0.25) is 0 Å². The van der Waals surface area contributed by atoms with Crippen molar-refractivity contribution in [1.82, 2.24) is 10.2 Å². The molecule has 0 aromatic carbocycles. The quantitative estimate of drug-likeness (QED) is 0.834. The molecular formula is C11H17BrN2O. The Bertz CT molecular complexity index is 295. The molecule has 4 heteroatoms. The molecular weight excluding hydrogens is 256 g/mol. The lowest BCUT2D eigenvalue weighted by molar-refractivity contribution is 0.335. The van der Waals surface area contributed by atoms with Crippen LogP contribution in [0.3, 0.4) is 0 Å². The normalized spacial score (nSPS) is 17.4. The van der Waals surface area contributed by atoms with Gasteiger partial charge in [0.05, 0.1) is 6.26 Å². The molecule has 3 nitrogen and oxygen atoms in total. The van der Waals surface area contributed by atoms with Crippen LogP contribution in [0.15, 0.2) is 21.4 Å². The Morgan fingerprint density at radius 1 is 1.40 bits per heavy atom. The molecule has 1 aliphatic heterocycles. The van der Waals surface area contributed by atoms with Crippen LogP contribution < -0.4 is 5.32 Å². The number of nitrogens with zero attached hydrogens (tertiary/aromatic N) is 1. The van der Waals surface area contributed by atoms with Gasteiger partial charge in [0, 0.05) is 25.2 Å². The molecule has 0 saturated carbocycles. The van der Waals surface area contributed by atoms with Crippen molar-refractivity contribution >= 4 is 15.9 Å². The molecule has 1 aliphatic rings. The highest BCUT2D eigenvalue weighted by Crippen LogP contribution is 2.16. The van der Waals surface area contributed by atoms with E-state index in [9.17, 15) is 0 Å². The Hall–Kier alpha value is -0.320. The van der Waals surface area contributed by atoms with E-state index in [2.05, 4.69) is 26.1 Å². The van der Waals surface area contributed by atoms with Crippen LogP contribution in [-0.4, -0.2) is 31.1 Å². The van der Waals surface area contributed by atoms with Crippen molar-refractivity contribution in [3.05, 3.63) is 22.6 Å². The molecule has 0 atom stereocenters. The van der Waals surface area contributed by atoms with Gasteiger partial charge in [-0.1, -0.05) is 0 Å². The fraction of sp³-hybridized carbons (Fsp3) is 0.636. The molecule has 1 fully saturated rings. The highest BCUT2D eigenvalue weighted by Gasteiger charge is 2.10. The molecule has 0 amide bonds. The van der Waals surface area contributed by atoms with Gasteiger partial charge in [-0.05, 0) is 47.9 Å². The Morgan fingerprint density at radius 2 is 2.20 bits per heavy atom. The lowest BCUT2D eigenvalue weighted by atomic mass is 10.3. The van der Waals surface area contributed by atoms with Crippen LogP contribution in [0.4, 0.5) is 0 Å². The molecule has 0 aliphatic carbocycles. The topological polar surface area (TPSA) is 28.4 Å². The summed E-state index contributed by atoms with van der Waals surface area (Å²) in [6, 6.07) is 1.99. The van der Waals surface area contributed by atoms with Gasteiger partial charge in [0.2, 0.25) is 0 Å². The number of nitrogens with one attached hydrogen (secondary N) is 1. The zero-order valence-electron chi connectivity index (χ0n) is 8.84. The smallest absolute Gasteiger partial charge is 0.173 e. The zero-order chi connectivity index (χ0) is 10.5. The van der Waals surface area contributed by atoms with E-state index < -0.39 is 0 Å². The second kappa shape index (κ2) is 5.68. The highest BCUT2D eigenvalue weighted by molar-refractivity contribution is 9.10. The molecule has 0 bridgehead atoms. The maximum atomic E-state index is 5.16. The zero-order valence-corrected chi connectivity index (χ0v) is 10.4. The third kappa shape index (κ3) is 3.33. The van der Waals surface area contributed by atoms with E-state index in [4.69, 9.17) is 4.42 Å². The molecule has 1 aromatic rings. The van der Waals surface area contributed by atoms with E-state index in [1.54, 1.807) is 6.26 Å². The number of furan rings is 1.